The highest BCUT2D eigenvalue weighted by Gasteiger charge is 2.09. The number of nitrogens with two attached hydrogens (primary N) is 1. The minimum Gasteiger partial charge on any atom is -0.429 e. The largest absolute Gasteiger partial charge is 0.429 e. The third-order valence-corrected chi connectivity index (χ3v) is 1.91. The molecule has 0 radical (unpaired) electrons. The molecule has 0 saturated carbocycles. The number of hydrogen-bond acceptors (Lipinski definition) is 3. The van der Waals surface area contributed by atoms with Gasteiger partial charge in [-0.05, 0) is 19.1 Å². The summed E-state index contributed by atoms with van der Waals surface area (Å²) in [7, 11) is 0. The highest BCUT2D eigenvalue weighted by molar-refractivity contribution is 5.62. The molecule has 0 atom stereocenters. The van der Waals surface area contributed by atoms with Gasteiger partial charge in [0.05, 0.1) is 0 Å². The number of halogens is 1. The van der Waals surface area contributed by atoms with Crippen LogP contribution >= 0.6 is 0 Å². The normalized spacial score (nSPS) is 10.4. The molecule has 3 nitrogen and oxygen atoms in total. The van der Waals surface area contributed by atoms with E-state index in [0.717, 1.165) is 0 Å². The van der Waals surface area contributed by atoms with Crippen LogP contribution in [0.2, 0.25) is 0 Å². The molecule has 72 valence electrons. The van der Waals surface area contributed by atoms with Gasteiger partial charge in [-0.15, -0.1) is 0 Å². The Bertz CT molecular complexity index is 465. The first-order valence-electron chi connectivity index (χ1n) is 4.15. The first-order valence-corrected chi connectivity index (χ1v) is 4.15. The second-order valence-corrected chi connectivity index (χ2v) is 2.97. The second kappa shape index (κ2) is 3.14. The van der Waals surface area contributed by atoms with Crippen molar-refractivity contribution in [2.24, 2.45) is 0 Å². The Morgan fingerprint density at radius 3 is 2.79 bits per heavy atom. The number of nitrogens with zero attached hydrogens (tertiary/aromatic N) is 1. The van der Waals surface area contributed by atoms with Crippen molar-refractivity contribution < 1.29 is 8.81 Å². The number of hydrogen-bond donors (Lipinski definition) is 1. The molecule has 1 aromatic heterocycles. The maximum atomic E-state index is 12.9. The molecule has 0 spiro atoms. The van der Waals surface area contributed by atoms with Gasteiger partial charge in [-0.1, -0.05) is 12.1 Å². The van der Waals surface area contributed by atoms with Gasteiger partial charge in [-0.25, -0.2) is 4.39 Å². The van der Waals surface area contributed by atoms with Gasteiger partial charge < -0.3 is 10.2 Å². The van der Waals surface area contributed by atoms with Crippen molar-refractivity contribution in [1.82, 2.24) is 4.98 Å². The van der Waals surface area contributed by atoms with Gasteiger partial charge in [0.25, 0.3) is 6.01 Å². The minimum atomic E-state index is -0.302. The molecule has 0 aliphatic heterocycles. The van der Waals surface area contributed by atoms with E-state index in [9.17, 15) is 4.39 Å². The standard InChI is InChI=1S/C10H9FN2O/c1-6-9(13-10(12)14-6)7-3-2-4-8(11)5-7/h2-5H,1H3,(H2,12,13). The lowest BCUT2D eigenvalue weighted by Crippen LogP contribution is -1.84. The number of aryl methyl sites for hydroxylation is 1. The van der Waals surface area contributed by atoms with Crippen molar-refractivity contribution in [3.8, 4) is 11.3 Å². The molecule has 14 heavy (non-hydrogen) atoms. The third-order valence-electron chi connectivity index (χ3n) is 1.91. The van der Waals surface area contributed by atoms with E-state index in [1.165, 1.54) is 12.1 Å². The summed E-state index contributed by atoms with van der Waals surface area (Å²) in [5.74, 6) is 0.288. The highest BCUT2D eigenvalue weighted by Crippen LogP contribution is 2.24. The average Bonchev–Trinajstić information content (AvgIpc) is 2.45. The minimum absolute atomic E-state index is 0.0989. The van der Waals surface area contributed by atoms with E-state index in [1.54, 1.807) is 19.1 Å². The number of nitrogen functional groups attached to an aromatic ring is 1. The molecule has 0 aliphatic carbocycles. The lowest BCUT2D eigenvalue weighted by atomic mass is 10.1. The summed E-state index contributed by atoms with van der Waals surface area (Å²) < 4.78 is 18.0. The Morgan fingerprint density at radius 1 is 1.43 bits per heavy atom. The Hall–Kier alpha value is -1.84. The molecule has 0 saturated heterocycles. The van der Waals surface area contributed by atoms with E-state index in [1.807, 2.05) is 0 Å². The van der Waals surface area contributed by atoms with Crippen molar-refractivity contribution in [2.45, 2.75) is 6.92 Å². The second-order valence-electron chi connectivity index (χ2n) is 2.97. The van der Waals surface area contributed by atoms with Crippen molar-refractivity contribution >= 4 is 6.01 Å². The number of oxazole rings is 1. The van der Waals surface area contributed by atoms with E-state index in [2.05, 4.69) is 4.98 Å². The van der Waals surface area contributed by atoms with Crippen molar-refractivity contribution in [2.75, 3.05) is 5.73 Å². The molecule has 1 aromatic carbocycles. The fourth-order valence-electron chi connectivity index (χ4n) is 1.32. The van der Waals surface area contributed by atoms with Crippen LogP contribution in [0.15, 0.2) is 28.7 Å². The predicted octanol–water partition coefficient (Wildman–Crippen LogP) is 2.37. The fraction of sp³-hybridized carbons (Fsp3) is 0.100. The van der Waals surface area contributed by atoms with Crippen LogP contribution in [0.1, 0.15) is 5.76 Å². The third kappa shape index (κ3) is 1.46. The topological polar surface area (TPSA) is 52.0 Å². The molecule has 0 bridgehead atoms. The zero-order chi connectivity index (χ0) is 10.1. The number of benzene rings is 1. The lowest BCUT2D eigenvalue weighted by Gasteiger charge is -1.96. The maximum absolute atomic E-state index is 12.9. The van der Waals surface area contributed by atoms with Crippen molar-refractivity contribution in [1.29, 1.82) is 0 Å². The van der Waals surface area contributed by atoms with E-state index >= 15 is 0 Å². The quantitative estimate of drug-likeness (QED) is 0.754. The predicted molar refractivity (Wildman–Crippen MR) is 51.0 cm³/mol. The molecule has 2 aromatic rings. The summed E-state index contributed by atoms with van der Waals surface area (Å²) in [5, 5.41) is 0. The Balaban J connectivity index is 2.54. The molecule has 1 heterocycles. The van der Waals surface area contributed by atoms with Gasteiger partial charge >= 0.3 is 0 Å². The van der Waals surface area contributed by atoms with Crippen LogP contribution in [0, 0.1) is 12.7 Å². The van der Waals surface area contributed by atoms with Crippen molar-refractivity contribution in [3.05, 3.63) is 35.8 Å². The first-order chi connectivity index (χ1) is 6.66. The maximum Gasteiger partial charge on any atom is 0.292 e. The van der Waals surface area contributed by atoms with Crippen LogP contribution in [0.3, 0.4) is 0 Å². The molecule has 2 N–H and O–H groups in total. The average molecular weight is 192 g/mol. The SMILES string of the molecule is Cc1oc(N)nc1-c1cccc(F)c1. The Kier molecular flexibility index (Phi) is 1.96. The van der Waals surface area contributed by atoms with Crippen LogP contribution in [0.5, 0.6) is 0 Å². The fourth-order valence-corrected chi connectivity index (χ4v) is 1.32. The molecular weight excluding hydrogens is 183 g/mol. The molecule has 4 heteroatoms. The number of rotatable bonds is 1. The molecule has 0 amide bonds. The van der Waals surface area contributed by atoms with Gasteiger partial charge in [-0.2, -0.15) is 4.98 Å². The highest BCUT2D eigenvalue weighted by atomic mass is 19.1. The molecule has 0 aliphatic rings. The summed E-state index contributed by atoms with van der Waals surface area (Å²) >= 11 is 0. The Morgan fingerprint density at radius 2 is 2.21 bits per heavy atom. The molecular formula is C10H9FN2O. The zero-order valence-electron chi connectivity index (χ0n) is 7.62. The van der Waals surface area contributed by atoms with Gasteiger partial charge in [0.2, 0.25) is 0 Å². The molecule has 0 fully saturated rings. The van der Waals surface area contributed by atoms with Crippen LogP contribution in [0.25, 0.3) is 11.3 Å². The lowest BCUT2D eigenvalue weighted by molar-refractivity contribution is 0.548. The van der Waals surface area contributed by atoms with Crippen LogP contribution in [-0.4, -0.2) is 4.98 Å². The van der Waals surface area contributed by atoms with Crippen LogP contribution in [0.4, 0.5) is 10.4 Å². The molecule has 2 rings (SSSR count). The van der Waals surface area contributed by atoms with Gasteiger partial charge in [0.1, 0.15) is 17.3 Å². The molecule has 0 unspecified atom stereocenters. The van der Waals surface area contributed by atoms with Gasteiger partial charge in [-0.3, -0.25) is 0 Å². The summed E-state index contributed by atoms with van der Waals surface area (Å²) in [6.45, 7) is 1.74. The summed E-state index contributed by atoms with van der Waals surface area (Å²) in [6, 6.07) is 6.25. The first kappa shape index (κ1) is 8.74. The summed E-state index contributed by atoms with van der Waals surface area (Å²) in [4.78, 5) is 3.97. The summed E-state index contributed by atoms with van der Waals surface area (Å²) in [5.41, 5.74) is 6.64. The van der Waals surface area contributed by atoms with E-state index in [4.69, 9.17) is 10.2 Å². The van der Waals surface area contributed by atoms with Gasteiger partial charge in [0.15, 0.2) is 0 Å². The Labute approximate surface area is 80.4 Å². The number of anilines is 1. The van der Waals surface area contributed by atoms with E-state index < -0.39 is 0 Å². The van der Waals surface area contributed by atoms with Crippen molar-refractivity contribution in [3.63, 3.8) is 0 Å². The van der Waals surface area contributed by atoms with Crippen LogP contribution < -0.4 is 5.73 Å². The van der Waals surface area contributed by atoms with E-state index in [0.29, 0.717) is 17.0 Å². The van der Waals surface area contributed by atoms with E-state index in [-0.39, 0.29) is 11.8 Å². The summed E-state index contributed by atoms with van der Waals surface area (Å²) in [6.07, 6.45) is 0. The number of aromatic nitrogens is 1. The zero-order valence-corrected chi connectivity index (χ0v) is 7.62. The monoisotopic (exact) mass is 192 g/mol. The van der Waals surface area contributed by atoms with Crippen LogP contribution in [-0.2, 0) is 0 Å². The van der Waals surface area contributed by atoms with Gasteiger partial charge in [0, 0.05) is 5.56 Å². The smallest absolute Gasteiger partial charge is 0.292 e.